The summed E-state index contributed by atoms with van der Waals surface area (Å²) in [5.41, 5.74) is 0.704. The summed E-state index contributed by atoms with van der Waals surface area (Å²) in [4.78, 5) is 13.1. The molecule has 1 N–H and O–H groups in total. The van der Waals surface area contributed by atoms with Gasteiger partial charge in [0.05, 0.1) is 16.9 Å². The second-order valence-electron chi connectivity index (χ2n) is 7.55. The third kappa shape index (κ3) is 4.76. The minimum Gasteiger partial charge on any atom is -0.353 e. The second kappa shape index (κ2) is 7.67. The van der Waals surface area contributed by atoms with Crippen molar-refractivity contribution in [1.82, 2.24) is 5.32 Å². The maximum atomic E-state index is 13.1. The van der Waals surface area contributed by atoms with E-state index in [2.05, 4.69) is 5.32 Å². The van der Waals surface area contributed by atoms with Gasteiger partial charge >= 0.3 is 0 Å². The standard InChI is InChI=1S/C19H26ClNO3S/c20-16-6-4-5-15(13-16)14-19(9-2-1-3-10-19)18(22)21-17-7-11-25(23,24)12-8-17/h4-6,13,17H,1-3,7-12,14H2,(H,21,22). The Hall–Kier alpha value is -1.07. The minimum atomic E-state index is -2.91. The van der Waals surface area contributed by atoms with Crippen molar-refractivity contribution in [3.05, 3.63) is 34.9 Å². The van der Waals surface area contributed by atoms with Gasteiger partial charge in [-0.05, 0) is 49.8 Å². The molecule has 4 nitrogen and oxygen atoms in total. The Morgan fingerprint density at radius 2 is 1.84 bits per heavy atom. The molecule has 6 heteroatoms. The summed E-state index contributed by atoms with van der Waals surface area (Å²) >= 11 is 6.11. The monoisotopic (exact) mass is 383 g/mol. The Labute approximate surface area is 155 Å². The summed E-state index contributed by atoms with van der Waals surface area (Å²) in [5.74, 6) is 0.454. The molecule has 1 amide bonds. The van der Waals surface area contributed by atoms with Crippen molar-refractivity contribution in [1.29, 1.82) is 0 Å². The van der Waals surface area contributed by atoms with Crippen LogP contribution in [0.15, 0.2) is 24.3 Å². The molecule has 25 heavy (non-hydrogen) atoms. The van der Waals surface area contributed by atoms with Crippen molar-refractivity contribution in [3.63, 3.8) is 0 Å². The zero-order valence-electron chi connectivity index (χ0n) is 14.5. The van der Waals surface area contributed by atoms with Gasteiger partial charge in [0, 0.05) is 11.1 Å². The van der Waals surface area contributed by atoms with Crippen LogP contribution in [0.25, 0.3) is 0 Å². The SMILES string of the molecule is O=C(NC1CCS(=O)(=O)CC1)C1(Cc2cccc(Cl)c2)CCCCC1. The second-order valence-corrected chi connectivity index (χ2v) is 10.3. The van der Waals surface area contributed by atoms with Crippen molar-refractivity contribution >= 4 is 27.3 Å². The maximum absolute atomic E-state index is 13.1. The number of carbonyl (C=O) groups excluding carboxylic acids is 1. The van der Waals surface area contributed by atoms with Gasteiger partial charge in [-0.25, -0.2) is 8.42 Å². The molecule has 0 radical (unpaired) electrons. The summed E-state index contributed by atoms with van der Waals surface area (Å²) < 4.78 is 23.2. The predicted molar refractivity (Wildman–Crippen MR) is 100 cm³/mol. The van der Waals surface area contributed by atoms with Crippen molar-refractivity contribution in [2.45, 2.75) is 57.4 Å². The van der Waals surface area contributed by atoms with Gasteiger partial charge < -0.3 is 5.32 Å². The quantitative estimate of drug-likeness (QED) is 0.865. The number of rotatable bonds is 4. The van der Waals surface area contributed by atoms with Crippen LogP contribution in [0.2, 0.25) is 5.02 Å². The summed E-state index contributed by atoms with van der Waals surface area (Å²) in [6, 6.07) is 7.73. The van der Waals surface area contributed by atoms with E-state index < -0.39 is 9.84 Å². The first-order valence-corrected chi connectivity index (χ1v) is 11.3. The largest absolute Gasteiger partial charge is 0.353 e. The fourth-order valence-corrected chi connectivity index (χ4v) is 5.83. The van der Waals surface area contributed by atoms with E-state index in [0.717, 1.165) is 31.2 Å². The van der Waals surface area contributed by atoms with Crippen molar-refractivity contribution in [2.75, 3.05) is 11.5 Å². The van der Waals surface area contributed by atoms with E-state index >= 15 is 0 Å². The van der Waals surface area contributed by atoms with Crippen LogP contribution in [0.5, 0.6) is 0 Å². The molecule has 1 aliphatic carbocycles. The first-order chi connectivity index (χ1) is 11.9. The molecule has 0 aromatic heterocycles. The van der Waals surface area contributed by atoms with Gasteiger partial charge in [0.2, 0.25) is 5.91 Å². The third-order valence-electron chi connectivity index (χ3n) is 5.61. The van der Waals surface area contributed by atoms with Crippen molar-refractivity contribution in [3.8, 4) is 0 Å². The van der Waals surface area contributed by atoms with E-state index in [4.69, 9.17) is 11.6 Å². The number of sulfone groups is 1. The highest BCUT2D eigenvalue weighted by molar-refractivity contribution is 7.91. The number of halogens is 1. The molecular formula is C19H26ClNO3S. The lowest BCUT2D eigenvalue weighted by atomic mass is 9.69. The number of hydrogen-bond donors (Lipinski definition) is 1. The van der Waals surface area contributed by atoms with E-state index in [0.29, 0.717) is 24.3 Å². The Balaban J connectivity index is 1.72. The molecule has 1 saturated carbocycles. The van der Waals surface area contributed by atoms with Crippen molar-refractivity contribution < 1.29 is 13.2 Å². The molecule has 2 fully saturated rings. The van der Waals surface area contributed by atoms with Gasteiger partial charge in [-0.1, -0.05) is 43.0 Å². The van der Waals surface area contributed by atoms with Gasteiger partial charge in [0.15, 0.2) is 0 Å². The van der Waals surface area contributed by atoms with Gasteiger partial charge in [0.1, 0.15) is 9.84 Å². The van der Waals surface area contributed by atoms with E-state index in [1.807, 2.05) is 24.3 Å². The molecule has 138 valence electrons. The molecule has 0 unspecified atom stereocenters. The molecule has 3 rings (SSSR count). The zero-order valence-corrected chi connectivity index (χ0v) is 16.0. The van der Waals surface area contributed by atoms with Gasteiger partial charge in [-0.15, -0.1) is 0 Å². The van der Waals surface area contributed by atoms with E-state index in [1.165, 1.54) is 6.42 Å². The van der Waals surface area contributed by atoms with E-state index in [1.54, 1.807) is 0 Å². The van der Waals surface area contributed by atoms with Crippen LogP contribution in [0.1, 0.15) is 50.5 Å². The molecule has 1 aliphatic heterocycles. The number of hydrogen-bond acceptors (Lipinski definition) is 3. The lowest BCUT2D eigenvalue weighted by Gasteiger charge is -2.38. The predicted octanol–water partition coefficient (Wildman–Crippen LogP) is 3.53. The van der Waals surface area contributed by atoms with E-state index in [9.17, 15) is 13.2 Å². The van der Waals surface area contributed by atoms with Crippen LogP contribution in [-0.2, 0) is 21.1 Å². The normalized spacial score (nSPS) is 23.1. The van der Waals surface area contributed by atoms with Crippen LogP contribution in [0, 0.1) is 5.41 Å². The van der Waals surface area contributed by atoms with Crippen LogP contribution < -0.4 is 5.32 Å². The zero-order chi connectivity index (χ0) is 17.9. The molecule has 1 saturated heterocycles. The highest BCUT2D eigenvalue weighted by Crippen LogP contribution is 2.40. The number of benzene rings is 1. The first-order valence-electron chi connectivity index (χ1n) is 9.14. The minimum absolute atomic E-state index is 0.0193. The molecule has 0 bridgehead atoms. The van der Waals surface area contributed by atoms with Gasteiger partial charge in [0.25, 0.3) is 0 Å². The lowest BCUT2D eigenvalue weighted by molar-refractivity contribution is -0.133. The molecule has 1 aromatic carbocycles. The molecule has 2 aliphatic rings. The fourth-order valence-electron chi connectivity index (χ4n) is 4.12. The molecule has 1 aromatic rings. The number of carbonyl (C=O) groups is 1. The third-order valence-corrected chi connectivity index (χ3v) is 7.56. The maximum Gasteiger partial charge on any atom is 0.226 e. The lowest BCUT2D eigenvalue weighted by Crippen LogP contribution is -2.49. The average molecular weight is 384 g/mol. The number of nitrogens with one attached hydrogen (secondary N) is 1. The summed E-state index contributed by atoms with van der Waals surface area (Å²) in [6.45, 7) is 0. The Kier molecular flexibility index (Phi) is 5.74. The average Bonchev–Trinajstić information content (AvgIpc) is 2.57. The number of amides is 1. The molecule has 0 spiro atoms. The van der Waals surface area contributed by atoms with Crippen LogP contribution >= 0.6 is 11.6 Å². The summed E-state index contributed by atoms with van der Waals surface area (Å²) in [5, 5.41) is 3.86. The Morgan fingerprint density at radius 1 is 1.16 bits per heavy atom. The van der Waals surface area contributed by atoms with Crippen molar-refractivity contribution in [2.24, 2.45) is 5.41 Å². The van der Waals surface area contributed by atoms with Crippen LogP contribution in [-0.4, -0.2) is 31.9 Å². The molecule has 0 atom stereocenters. The van der Waals surface area contributed by atoms with Crippen LogP contribution in [0.3, 0.4) is 0 Å². The summed E-state index contributed by atoms with van der Waals surface area (Å²) in [6.07, 6.45) is 6.83. The summed E-state index contributed by atoms with van der Waals surface area (Å²) in [7, 11) is -2.91. The van der Waals surface area contributed by atoms with Gasteiger partial charge in [-0.2, -0.15) is 0 Å². The van der Waals surface area contributed by atoms with Crippen LogP contribution in [0.4, 0.5) is 0 Å². The molecular weight excluding hydrogens is 358 g/mol. The first kappa shape index (κ1) is 18.7. The van der Waals surface area contributed by atoms with Gasteiger partial charge in [-0.3, -0.25) is 4.79 Å². The molecule has 1 heterocycles. The highest BCUT2D eigenvalue weighted by Gasteiger charge is 2.40. The fraction of sp³-hybridized carbons (Fsp3) is 0.632. The van der Waals surface area contributed by atoms with E-state index in [-0.39, 0.29) is 28.9 Å². The smallest absolute Gasteiger partial charge is 0.226 e. The Bertz CT molecular complexity index is 712. The topological polar surface area (TPSA) is 63.2 Å². The highest BCUT2D eigenvalue weighted by atomic mass is 35.5. The Morgan fingerprint density at radius 3 is 2.48 bits per heavy atom.